The molecule has 2 heterocycles. The fourth-order valence-corrected chi connectivity index (χ4v) is 3.54. The first-order chi connectivity index (χ1) is 12.7. The molecular formula is C20H29N5O. The molecule has 0 aliphatic carbocycles. The van der Waals surface area contributed by atoms with Gasteiger partial charge in [-0.25, -0.2) is 4.68 Å². The van der Waals surface area contributed by atoms with E-state index in [0.29, 0.717) is 11.7 Å². The van der Waals surface area contributed by atoms with Crippen LogP contribution in [0.25, 0.3) is 0 Å². The van der Waals surface area contributed by atoms with Crippen molar-refractivity contribution in [1.29, 1.82) is 0 Å². The summed E-state index contributed by atoms with van der Waals surface area (Å²) in [5.74, 6) is -0.0256. The maximum atomic E-state index is 12.7. The number of carbonyl (C=O) groups excluding carboxylic acids is 1. The number of nitrogens with zero attached hydrogens (tertiary/aromatic N) is 4. The lowest BCUT2D eigenvalue weighted by atomic mass is 10.1. The summed E-state index contributed by atoms with van der Waals surface area (Å²) in [7, 11) is 1.85. The minimum atomic E-state index is -0.0256. The molecule has 0 bridgehead atoms. The van der Waals surface area contributed by atoms with E-state index in [1.54, 1.807) is 4.90 Å². The van der Waals surface area contributed by atoms with Gasteiger partial charge in [0, 0.05) is 13.6 Å². The van der Waals surface area contributed by atoms with Gasteiger partial charge in [-0.1, -0.05) is 35.5 Å². The largest absolute Gasteiger partial charge is 0.340 e. The molecule has 140 valence electrons. The van der Waals surface area contributed by atoms with E-state index < -0.39 is 0 Å². The van der Waals surface area contributed by atoms with Gasteiger partial charge >= 0.3 is 0 Å². The SMILES string of the molecule is Cc1c(C(=O)N(C)CCCCc2ccccc2)nnn1C1CCNCC1. The predicted octanol–water partition coefficient (Wildman–Crippen LogP) is 2.61. The zero-order valence-electron chi connectivity index (χ0n) is 15.8. The number of rotatable bonds is 7. The Hall–Kier alpha value is -2.21. The van der Waals surface area contributed by atoms with Crippen molar-refractivity contribution in [3.05, 3.63) is 47.3 Å². The van der Waals surface area contributed by atoms with Crippen molar-refractivity contribution in [2.45, 2.75) is 45.1 Å². The van der Waals surface area contributed by atoms with Gasteiger partial charge in [0.2, 0.25) is 0 Å². The summed E-state index contributed by atoms with van der Waals surface area (Å²) in [6.07, 6.45) is 5.18. The fourth-order valence-electron chi connectivity index (χ4n) is 3.54. The first kappa shape index (κ1) is 18.6. The van der Waals surface area contributed by atoms with E-state index in [-0.39, 0.29) is 5.91 Å². The van der Waals surface area contributed by atoms with Gasteiger partial charge in [-0.2, -0.15) is 0 Å². The molecule has 1 aromatic carbocycles. The number of aromatic nitrogens is 3. The maximum absolute atomic E-state index is 12.7. The molecule has 0 atom stereocenters. The van der Waals surface area contributed by atoms with Crippen LogP contribution in [0.15, 0.2) is 30.3 Å². The molecule has 3 rings (SSSR count). The van der Waals surface area contributed by atoms with Gasteiger partial charge in [-0.15, -0.1) is 5.10 Å². The molecular weight excluding hydrogens is 326 g/mol. The number of nitrogens with one attached hydrogen (secondary N) is 1. The van der Waals surface area contributed by atoms with Crippen LogP contribution >= 0.6 is 0 Å². The Balaban J connectivity index is 1.51. The molecule has 0 saturated carbocycles. The van der Waals surface area contributed by atoms with E-state index in [9.17, 15) is 4.79 Å². The molecule has 1 fully saturated rings. The molecule has 1 saturated heterocycles. The maximum Gasteiger partial charge on any atom is 0.276 e. The summed E-state index contributed by atoms with van der Waals surface area (Å²) in [5, 5.41) is 11.8. The first-order valence-corrected chi connectivity index (χ1v) is 9.58. The van der Waals surface area contributed by atoms with E-state index in [0.717, 1.165) is 57.4 Å². The Bertz CT molecular complexity index is 706. The third kappa shape index (κ3) is 4.49. The van der Waals surface area contributed by atoms with Gasteiger partial charge < -0.3 is 10.2 Å². The molecule has 1 N–H and O–H groups in total. The van der Waals surface area contributed by atoms with E-state index in [1.165, 1.54) is 5.56 Å². The minimum absolute atomic E-state index is 0.0256. The number of piperidine rings is 1. The number of carbonyl (C=O) groups is 1. The van der Waals surface area contributed by atoms with Gasteiger partial charge in [-0.3, -0.25) is 4.79 Å². The van der Waals surface area contributed by atoms with Crippen molar-refractivity contribution in [2.24, 2.45) is 0 Å². The molecule has 1 aliphatic rings. The zero-order chi connectivity index (χ0) is 18.4. The highest BCUT2D eigenvalue weighted by Gasteiger charge is 2.24. The topological polar surface area (TPSA) is 63.1 Å². The molecule has 1 aliphatic heterocycles. The standard InChI is InChI=1S/C20H29N5O/c1-16-19(22-23-25(16)18-11-13-21-14-12-18)20(26)24(2)15-7-6-10-17-8-4-3-5-9-17/h3-5,8-9,18,21H,6-7,10-15H2,1-2H3. The van der Waals surface area contributed by atoms with Crippen molar-refractivity contribution < 1.29 is 4.79 Å². The van der Waals surface area contributed by atoms with Crippen LogP contribution in [-0.4, -0.2) is 52.5 Å². The Labute approximate surface area is 155 Å². The van der Waals surface area contributed by atoms with Gasteiger partial charge in [0.1, 0.15) is 0 Å². The Morgan fingerprint density at radius 2 is 1.96 bits per heavy atom. The van der Waals surface area contributed by atoms with Gasteiger partial charge in [0.05, 0.1) is 11.7 Å². The zero-order valence-corrected chi connectivity index (χ0v) is 15.8. The van der Waals surface area contributed by atoms with Gasteiger partial charge in [-0.05, 0) is 57.7 Å². The summed E-state index contributed by atoms with van der Waals surface area (Å²) in [4.78, 5) is 14.5. The molecule has 26 heavy (non-hydrogen) atoms. The first-order valence-electron chi connectivity index (χ1n) is 9.58. The number of aryl methyl sites for hydroxylation is 1. The highest BCUT2D eigenvalue weighted by Crippen LogP contribution is 2.20. The number of unbranched alkanes of at least 4 members (excludes halogenated alkanes) is 1. The summed E-state index contributed by atoms with van der Waals surface area (Å²) < 4.78 is 1.94. The average Bonchev–Trinajstić information content (AvgIpc) is 3.07. The number of hydrogen-bond acceptors (Lipinski definition) is 4. The highest BCUT2D eigenvalue weighted by molar-refractivity contribution is 5.93. The Morgan fingerprint density at radius 1 is 1.23 bits per heavy atom. The number of benzene rings is 1. The highest BCUT2D eigenvalue weighted by atomic mass is 16.2. The van der Waals surface area contributed by atoms with Crippen LogP contribution in [0, 0.1) is 6.92 Å². The van der Waals surface area contributed by atoms with Crippen LogP contribution < -0.4 is 5.32 Å². The lowest BCUT2D eigenvalue weighted by Crippen LogP contribution is -2.31. The molecule has 6 heteroatoms. The van der Waals surface area contributed by atoms with Crippen molar-refractivity contribution >= 4 is 5.91 Å². The molecule has 6 nitrogen and oxygen atoms in total. The second-order valence-electron chi connectivity index (χ2n) is 7.12. The smallest absolute Gasteiger partial charge is 0.276 e. The van der Waals surface area contributed by atoms with E-state index in [1.807, 2.05) is 24.7 Å². The van der Waals surface area contributed by atoms with Crippen LogP contribution in [0.2, 0.25) is 0 Å². The normalized spacial score (nSPS) is 15.2. The quantitative estimate of drug-likeness (QED) is 0.776. The Morgan fingerprint density at radius 3 is 2.69 bits per heavy atom. The lowest BCUT2D eigenvalue weighted by molar-refractivity contribution is 0.0786. The van der Waals surface area contributed by atoms with Crippen molar-refractivity contribution in [3.8, 4) is 0 Å². The average molecular weight is 355 g/mol. The van der Waals surface area contributed by atoms with E-state index in [2.05, 4.69) is 39.9 Å². The third-order valence-corrected chi connectivity index (χ3v) is 5.18. The summed E-state index contributed by atoms with van der Waals surface area (Å²) in [6, 6.07) is 10.8. The van der Waals surface area contributed by atoms with Crippen LogP contribution in [0.3, 0.4) is 0 Å². The number of hydrogen-bond donors (Lipinski definition) is 1. The number of amides is 1. The minimum Gasteiger partial charge on any atom is -0.340 e. The molecule has 0 unspecified atom stereocenters. The van der Waals surface area contributed by atoms with Crippen LogP contribution in [0.1, 0.15) is 53.5 Å². The van der Waals surface area contributed by atoms with Crippen molar-refractivity contribution in [2.75, 3.05) is 26.7 Å². The van der Waals surface area contributed by atoms with Crippen molar-refractivity contribution in [3.63, 3.8) is 0 Å². The summed E-state index contributed by atoms with van der Waals surface area (Å²) >= 11 is 0. The summed E-state index contributed by atoms with van der Waals surface area (Å²) in [5.41, 5.74) is 2.73. The van der Waals surface area contributed by atoms with Gasteiger partial charge in [0.25, 0.3) is 5.91 Å². The van der Waals surface area contributed by atoms with E-state index in [4.69, 9.17) is 0 Å². The van der Waals surface area contributed by atoms with Crippen LogP contribution in [0.5, 0.6) is 0 Å². The van der Waals surface area contributed by atoms with Crippen LogP contribution in [-0.2, 0) is 6.42 Å². The molecule has 0 radical (unpaired) electrons. The molecule has 0 spiro atoms. The summed E-state index contributed by atoms with van der Waals surface area (Å²) in [6.45, 7) is 4.69. The van der Waals surface area contributed by atoms with E-state index >= 15 is 0 Å². The second-order valence-corrected chi connectivity index (χ2v) is 7.12. The monoisotopic (exact) mass is 355 g/mol. The second kappa shape index (κ2) is 8.94. The fraction of sp³-hybridized carbons (Fsp3) is 0.550. The van der Waals surface area contributed by atoms with Crippen LogP contribution in [0.4, 0.5) is 0 Å². The molecule has 1 aromatic heterocycles. The van der Waals surface area contributed by atoms with Gasteiger partial charge in [0.15, 0.2) is 5.69 Å². The lowest BCUT2D eigenvalue weighted by Gasteiger charge is -2.23. The molecule has 1 amide bonds. The predicted molar refractivity (Wildman–Crippen MR) is 102 cm³/mol. The Kier molecular flexibility index (Phi) is 6.39. The molecule has 2 aromatic rings. The third-order valence-electron chi connectivity index (χ3n) is 5.18. The van der Waals surface area contributed by atoms with Crippen molar-refractivity contribution in [1.82, 2.24) is 25.2 Å².